The van der Waals surface area contributed by atoms with Gasteiger partial charge in [0.15, 0.2) is 62.1 Å². The van der Waals surface area contributed by atoms with Crippen molar-refractivity contribution in [2.24, 2.45) is 0 Å². The quantitative estimate of drug-likeness (QED) is 0.0256. The Hall–Kier alpha value is -3.85. The molecule has 0 N–H and O–H groups in total. The number of rotatable bonds is 15. The largest absolute Gasteiger partial charge is 0.486 e. The molecule has 0 amide bonds. The lowest BCUT2D eigenvalue weighted by atomic mass is 9.12. The maximum atomic E-state index is 16.0. The highest BCUT2D eigenvalue weighted by atomic mass is 35.5. The Balaban J connectivity index is 0.000000265. The molecule has 0 heterocycles. The predicted molar refractivity (Wildman–Crippen MR) is 264 cm³/mol. The van der Waals surface area contributed by atoms with Crippen LogP contribution in [0.25, 0.3) is 0 Å². The van der Waals surface area contributed by atoms with Gasteiger partial charge in [-0.25, -0.2) is 52.7 Å². The van der Waals surface area contributed by atoms with Gasteiger partial charge in [-0.3, -0.25) is 0 Å². The van der Waals surface area contributed by atoms with Gasteiger partial charge in [-0.1, -0.05) is 141 Å². The fourth-order valence-corrected chi connectivity index (χ4v) is 11.9. The lowest BCUT2D eigenvalue weighted by Gasteiger charge is -2.46. The zero-order valence-corrected chi connectivity index (χ0v) is 43.3. The molecule has 0 aromatic heterocycles. The molecule has 7 aromatic carbocycles. The van der Waals surface area contributed by atoms with Crippen LogP contribution < -0.4 is 26.6 Å². The second-order valence-corrected chi connectivity index (χ2v) is 19.9. The van der Waals surface area contributed by atoms with Gasteiger partial charge in [0, 0.05) is 26.7 Å². The third-order valence-corrected chi connectivity index (χ3v) is 16.4. The molecule has 0 aliphatic heterocycles. The van der Waals surface area contributed by atoms with Gasteiger partial charge in [-0.15, -0.1) is 21.9 Å². The molecular formula is C48H27BCl8F12O3S. The van der Waals surface area contributed by atoms with Crippen molar-refractivity contribution in [3.63, 3.8) is 0 Å². The summed E-state index contributed by atoms with van der Waals surface area (Å²) < 4.78 is 199. The van der Waals surface area contributed by atoms with Crippen molar-refractivity contribution >= 4 is 132 Å². The highest BCUT2D eigenvalue weighted by Gasteiger charge is 2.50. The monoisotopic (exact) mass is 1200 g/mol. The zero-order chi connectivity index (χ0) is 53.8. The topological polar surface area (TPSA) is 27.7 Å². The Labute approximate surface area is 450 Å². The molecule has 73 heavy (non-hydrogen) atoms. The number of ether oxygens (including phenoxy) is 3. The molecule has 0 radical (unpaired) electrons. The van der Waals surface area contributed by atoms with Crippen LogP contribution >= 0.6 is 92.8 Å². The van der Waals surface area contributed by atoms with E-state index in [0.29, 0.717) is 33.0 Å². The van der Waals surface area contributed by atoms with Crippen LogP contribution in [0.5, 0.6) is 5.75 Å². The van der Waals surface area contributed by atoms with Crippen LogP contribution in [0.2, 0.25) is 40.2 Å². The van der Waals surface area contributed by atoms with Crippen molar-refractivity contribution in [2.75, 3.05) is 33.0 Å². The van der Waals surface area contributed by atoms with Gasteiger partial charge in [-0.05, 0) is 43.3 Å². The fraction of sp³-hybridized carbons (Fsp3) is 0.125. The highest BCUT2D eigenvalue weighted by molar-refractivity contribution is 7.97. The smallest absolute Gasteiger partial charge is 0.208 e. The Bertz CT molecular complexity index is 2770. The maximum absolute atomic E-state index is 16.0. The molecule has 7 rings (SSSR count). The predicted octanol–water partition coefficient (Wildman–Crippen LogP) is 15.2. The molecule has 0 unspecified atom stereocenters. The molecule has 0 saturated carbocycles. The average molecular weight is 1210 g/mol. The Morgan fingerprint density at radius 3 is 1.00 bits per heavy atom. The Morgan fingerprint density at radius 1 is 0.356 bits per heavy atom. The summed E-state index contributed by atoms with van der Waals surface area (Å²) in [4.78, 5) is 3.74. The van der Waals surface area contributed by atoms with Crippen LogP contribution in [0.3, 0.4) is 0 Å². The van der Waals surface area contributed by atoms with Crippen molar-refractivity contribution in [3.8, 4) is 5.75 Å². The lowest BCUT2D eigenvalue weighted by Crippen LogP contribution is -2.79. The van der Waals surface area contributed by atoms with Gasteiger partial charge in [0.1, 0.15) is 46.9 Å². The Kier molecular flexibility index (Phi) is 19.9. The first-order valence-corrected chi connectivity index (χ1v) is 24.8. The van der Waals surface area contributed by atoms with Gasteiger partial charge >= 0.3 is 0 Å². The summed E-state index contributed by atoms with van der Waals surface area (Å²) in [5, 5.41) is -13.9. The van der Waals surface area contributed by atoms with Gasteiger partial charge in [0.25, 0.3) is 0 Å². The number of para-hydroxylation sites is 1. The first kappa shape index (κ1) is 58.4. The van der Waals surface area contributed by atoms with Crippen LogP contribution in [-0.4, -0.2) is 39.2 Å². The summed E-state index contributed by atoms with van der Waals surface area (Å²) in [6, 6.07) is 29.5. The van der Waals surface area contributed by atoms with E-state index in [0.717, 1.165) is 5.75 Å². The summed E-state index contributed by atoms with van der Waals surface area (Å²) in [6.07, 6.45) is -5.62. The fourth-order valence-electron chi connectivity index (χ4n) is 7.69. The second kappa shape index (κ2) is 24.9. The summed E-state index contributed by atoms with van der Waals surface area (Å²) in [5.74, 6) is -30.4. The van der Waals surface area contributed by atoms with Gasteiger partial charge < -0.3 is 14.2 Å². The SMILES string of the molecule is CCOCCOCCOc1ccccc1[S+](c1ccccc1)c1ccccc1.Fc1c(F)c(Cl)c(Cl)c([B-](c2c(F)c(F)c(F)c(Cl)c2Cl)(c2c(F)c(F)c(F)c(Cl)c2Cl)c2c(F)c(F)c(F)c(Cl)c2Cl)c1F. The van der Waals surface area contributed by atoms with E-state index < -0.39 is 138 Å². The molecular weight excluding hydrogens is 1180 g/mol. The van der Waals surface area contributed by atoms with E-state index in [1.807, 2.05) is 19.1 Å². The summed E-state index contributed by atoms with van der Waals surface area (Å²) in [5.41, 5.74) is -8.47. The number of hydrogen-bond donors (Lipinski definition) is 0. The minimum Gasteiger partial charge on any atom is -0.486 e. The van der Waals surface area contributed by atoms with E-state index in [-0.39, 0.29) is 10.9 Å². The van der Waals surface area contributed by atoms with E-state index in [1.54, 1.807) is 0 Å². The van der Waals surface area contributed by atoms with Crippen molar-refractivity contribution in [1.82, 2.24) is 0 Å². The van der Waals surface area contributed by atoms with Crippen molar-refractivity contribution < 1.29 is 66.9 Å². The minimum absolute atomic E-state index is 0.224. The number of halogens is 20. The summed E-state index contributed by atoms with van der Waals surface area (Å²) in [7, 11) is -0.224. The lowest BCUT2D eigenvalue weighted by molar-refractivity contribution is 0.0401. The minimum atomic E-state index is -5.62. The van der Waals surface area contributed by atoms with Gasteiger partial charge in [-0.2, -0.15) is 0 Å². The molecule has 0 aliphatic rings. The van der Waals surface area contributed by atoms with E-state index >= 15 is 35.1 Å². The first-order valence-electron chi connectivity index (χ1n) is 20.6. The summed E-state index contributed by atoms with van der Waals surface area (Å²) in [6.45, 7) is 4.98. The third kappa shape index (κ3) is 11.1. The first-order chi connectivity index (χ1) is 34.6. The van der Waals surface area contributed by atoms with Crippen LogP contribution in [0, 0.1) is 69.8 Å². The van der Waals surface area contributed by atoms with Crippen molar-refractivity contribution in [2.45, 2.75) is 21.6 Å². The molecule has 25 heteroatoms. The van der Waals surface area contributed by atoms with Crippen molar-refractivity contribution in [1.29, 1.82) is 0 Å². The molecule has 0 saturated heterocycles. The van der Waals surface area contributed by atoms with E-state index in [9.17, 15) is 17.6 Å². The second-order valence-electron chi connectivity index (χ2n) is 14.8. The van der Waals surface area contributed by atoms with E-state index in [4.69, 9.17) is 107 Å². The molecule has 0 atom stereocenters. The zero-order valence-electron chi connectivity index (χ0n) is 36.4. The molecule has 7 aromatic rings. The molecule has 386 valence electrons. The third-order valence-electron chi connectivity index (χ3n) is 10.8. The highest BCUT2D eigenvalue weighted by Crippen LogP contribution is 2.41. The van der Waals surface area contributed by atoms with Crippen molar-refractivity contribution in [3.05, 3.63) is 195 Å². The number of benzene rings is 7. The molecule has 0 fully saturated rings. The van der Waals surface area contributed by atoms with E-state index in [2.05, 4.69) is 72.8 Å². The number of hydrogen-bond acceptors (Lipinski definition) is 3. The molecule has 0 bridgehead atoms. The normalized spacial score (nSPS) is 11.6. The van der Waals surface area contributed by atoms with Crippen LogP contribution in [0.1, 0.15) is 6.92 Å². The molecule has 3 nitrogen and oxygen atoms in total. The van der Waals surface area contributed by atoms with Gasteiger partial charge in [0.05, 0.1) is 39.9 Å². The van der Waals surface area contributed by atoms with Crippen LogP contribution in [-0.2, 0) is 20.4 Å². The maximum Gasteiger partial charge on any atom is 0.208 e. The van der Waals surface area contributed by atoms with Crippen LogP contribution in [0.4, 0.5) is 52.7 Å². The Morgan fingerprint density at radius 2 is 0.658 bits per heavy atom. The van der Waals surface area contributed by atoms with Crippen LogP contribution in [0.15, 0.2) is 99.6 Å². The molecule has 0 aliphatic carbocycles. The van der Waals surface area contributed by atoms with Gasteiger partial charge in [0.2, 0.25) is 4.90 Å². The standard InChI is InChI=1S/C24BCl8F12.C24H27O3S/c26-5-1(13(34)21(42)17(38)9(5)30)25(2-6(27)10(31)18(39)22(43)14(2)35,3-7(28)11(32)19(40)23(44)15(3)36)4-8(29)12(33)20(41)24(45)16(4)37;1-2-25-17-18-26-19-20-27-23-15-9-10-16-24(23)28(21-11-5-3-6-12-21)22-13-7-4-8-14-22/h;3-16H,2,17-20H2,1H3/q-1;+1. The summed E-state index contributed by atoms with van der Waals surface area (Å²) >= 11 is 46.6. The average Bonchev–Trinajstić information content (AvgIpc) is 3.39. The molecule has 0 spiro atoms. The van der Waals surface area contributed by atoms with E-state index in [1.165, 1.54) is 14.7 Å².